The maximum Gasteiger partial charge on any atom is 0.169 e. The number of phenols is 2. The highest BCUT2D eigenvalue weighted by molar-refractivity contribution is 5.45. The van der Waals surface area contributed by atoms with Crippen LogP contribution in [-0.2, 0) is 19.3 Å². The topological polar surface area (TPSA) is 49.7 Å². The number of ether oxygens (including phenoxy) is 1. The molecule has 3 aromatic rings. The van der Waals surface area contributed by atoms with Gasteiger partial charge in [0.25, 0.3) is 0 Å². The average Bonchev–Trinajstić information content (AvgIpc) is 2.73. The van der Waals surface area contributed by atoms with Crippen LogP contribution in [0.5, 0.6) is 23.0 Å². The van der Waals surface area contributed by atoms with E-state index in [1.807, 2.05) is 36.4 Å². The van der Waals surface area contributed by atoms with Crippen LogP contribution in [-0.4, -0.2) is 10.2 Å². The second kappa shape index (κ2) is 10.2. The SMILES string of the molecule is CCCc1ccc(Oc2cc(CC(C)C(C)Cc3ccc(O)cc3)ccc2O)cc1. The van der Waals surface area contributed by atoms with E-state index >= 15 is 0 Å². The fraction of sp³-hybridized carbons (Fsp3) is 0.333. The number of rotatable bonds is 9. The van der Waals surface area contributed by atoms with Crippen molar-refractivity contribution < 1.29 is 14.9 Å². The number of phenolic OH excluding ortho intramolecular Hbond substituents is 2. The second-order valence-electron chi connectivity index (χ2n) is 8.33. The quantitative estimate of drug-likeness (QED) is 0.408. The highest BCUT2D eigenvalue weighted by atomic mass is 16.5. The molecular weight excluding hydrogens is 372 g/mol. The molecule has 2 atom stereocenters. The number of benzene rings is 3. The summed E-state index contributed by atoms with van der Waals surface area (Å²) in [6, 6.07) is 21.1. The van der Waals surface area contributed by atoms with Gasteiger partial charge in [-0.2, -0.15) is 0 Å². The van der Waals surface area contributed by atoms with Crippen LogP contribution >= 0.6 is 0 Å². The van der Waals surface area contributed by atoms with Gasteiger partial charge in [0.2, 0.25) is 0 Å². The predicted molar refractivity (Wildman–Crippen MR) is 122 cm³/mol. The van der Waals surface area contributed by atoms with Crippen LogP contribution in [0, 0.1) is 11.8 Å². The Bertz CT molecular complexity index is 929. The van der Waals surface area contributed by atoms with Gasteiger partial charge in [0.05, 0.1) is 0 Å². The Balaban J connectivity index is 1.64. The van der Waals surface area contributed by atoms with Crippen molar-refractivity contribution >= 4 is 0 Å². The minimum absolute atomic E-state index is 0.154. The molecule has 3 nitrogen and oxygen atoms in total. The lowest BCUT2D eigenvalue weighted by Gasteiger charge is -2.21. The fourth-order valence-electron chi connectivity index (χ4n) is 3.69. The molecule has 0 radical (unpaired) electrons. The van der Waals surface area contributed by atoms with Crippen molar-refractivity contribution in [3.05, 3.63) is 83.4 Å². The Morgan fingerprint density at radius 1 is 0.733 bits per heavy atom. The van der Waals surface area contributed by atoms with Gasteiger partial charge in [-0.25, -0.2) is 0 Å². The summed E-state index contributed by atoms with van der Waals surface area (Å²) in [5.41, 5.74) is 3.67. The van der Waals surface area contributed by atoms with Gasteiger partial charge in [-0.15, -0.1) is 0 Å². The van der Waals surface area contributed by atoms with Crippen molar-refractivity contribution in [3.8, 4) is 23.0 Å². The van der Waals surface area contributed by atoms with E-state index in [0.717, 1.165) is 37.0 Å². The molecule has 0 aliphatic rings. The minimum Gasteiger partial charge on any atom is -0.508 e. The lowest BCUT2D eigenvalue weighted by molar-refractivity contribution is 0.380. The Hall–Kier alpha value is -2.94. The zero-order chi connectivity index (χ0) is 21.5. The summed E-state index contributed by atoms with van der Waals surface area (Å²) in [6.07, 6.45) is 4.05. The van der Waals surface area contributed by atoms with E-state index in [1.165, 1.54) is 11.1 Å². The third-order valence-electron chi connectivity index (χ3n) is 5.74. The molecule has 3 aromatic carbocycles. The molecule has 0 amide bonds. The van der Waals surface area contributed by atoms with E-state index in [9.17, 15) is 10.2 Å². The van der Waals surface area contributed by atoms with E-state index in [4.69, 9.17) is 4.74 Å². The second-order valence-corrected chi connectivity index (χ2v) is 8.33. The first kappa shape index (κ1) is 21.8. The van der Waals surface area contributed by atoms with E-state index in [1.54, 1.807) is 18.2 Å². The summed E-state index contributed by atoms with van der Waals surface area (Å²) in [6.45, 7) is 6.68. The van der Waals surface area contributed by atoms with Gasteiger partial charge in [0.1, 0.15) is 11.5 Å². The molecule has 158 valence electrons. The van der Waals surface area contributed by atoms with Crippen LogP contribution < -0.4 is 4.74 Å². The molecule has 2 N–H and O–H groups in total. The zero-order valence-corrected chi connectivity index (χ0v) is 18.1. The molecule has 2 unspecified atom stereocenters. The monoisotopic (exact) mass is 404 g/mol. The summed E-state index contributed by atoms with van der Waals surface area (Å²) in [4.78, 5) is 0. The third-order valence-corrected chi connectivity index (χ3v) is 5.74. The van der Waals surface area contributed by atoms with Gasteiger partial charge in [-0.05, 0) is 84.2 Å². The molecule has 0 fully saturated rings. The van der Waals surface area contributed by atoms with Crippen LogP contribution in [0.4, 0.5) is 0 Å². The number of aromatic hydroxyl groups is 2. The Labute approximate surface area is 180 Å². The number of hydrogen-bond donors (Lipinski definition) is 2. The van der Waals surface area contributed by atoms with Gasteiger partial charge in [-0.3, -0.25) is 0 Å². The van der Waals surface area contributed by atoms with Gasteiger partial charge in [0.15, 0.2) is 11.5 Å². The maximum absolute atomic E-state index is 10.3. The van der Waals surface area contributed by atoms with Crippen molar-refractivity contribution in [1.82, 2.24) is 0 Å². The van der Waals surface area contributed by atoms with Gasteiger partial charge in [-0.1, -0.05) is 57.5 Å². The zero-order valence-electron chi connectivity index (χ0n) is 18.1. The Morgan fingerprint density at radius 3 is 1.93 bits per heavy atom. The van der Waals surface area contributed by atoms with Crippen LogP contribution in [0.1, 0.15) is 43.9 Å². The lowest BCUT2D eigenvalue weighted by Crippen LogP contribution is -2.13. The Morgan fingerprint density at radius 2 is 1.30 bits per heavy atom. The van der Waals surface area contributed by atoms with Gasteiger partial charge >= 0.3 is 0 Å². The van der Waals surface area contributed by atoms with Crippen molar-refractivity contribution in [2.24, 2.45) is 11.8 Å². The first-order valence-electron chi connectivity index (χ1n) is 10.8. The fourth-order valence-corrected chi connectivity index (χ4v) is 3.69. The molecule has 0 aromatic heterocycles. The van der Waals surface area contributed by atoms with Crippen molar-refractivity contribution in [1.29, 1.82) is 0 Å². The Kier molecular flexibility index (Phi) is 7.40. The molecule has 0 heterocycles. The molecular formula is C27H32O3. The first-order chi connectivity index (χ1) is 14.4. The summed E-state index contributed by atoms with van der Waals surface area (Å²) in [7, 11) is 0. The molecule has 0 aliphatic carbocycles. The molecule has 30 heavy (non-hydrogen) atoms. The highest BCUT2D eigenvalue weighted by Crippen LogP contribution is 2.33. The van der Waals surface area contributed by atoms with Crippen LogP contribution in [0.15, 0.2) is 66.7 Å². The minimum atomic E-state index is 0.154. The van der Waals surface area contributed by atoms with Crippen LogP contribution in [0.25, 0.3) is 0 Å². The molecule has 3 heteroatoms. The standard InChI is InChI=1S/C27H32O3/c1-4-5-21-8-13-25(14-9-21)30-27-18-23(10-15-26(27)29)17-20(3)19(2)16-22-6-11-24(28)12-7-22/h6-15,18-20,28-29H,4-5,16-17H2,1-3H3. The first-order valence-corrected chi connectivity index (χ1v) is 10.8. The van der Waals surface area contributed by atoms with Gasteiger partial charge < -0.3 is 14.9 Å². The molecule has 0 bridgehead atoms. The van der Waals surface area contributed by atoms with Crippen LogP contribution in [0.3, 0.4) is 0 Å². The maximum atomic E-state index is 10.3. The number of aryl methyl sites for hydroxylation is 1. The van der Waals surface area contributed by atoms with Crippen LogP contribution in [0.2, 0.25) is 0 Å². The molecule has 0 saturated heterocycles. The highest BCUT2D eigenvalue weighted by Gasteiger charge is 2.15. The average molecular weight is 405 g/mol. The predicted octanol–water partition coefficient (Wildman–Crippen LogP) is 6.90. The number of hydrogen-bond acceptors (Lipinski definition) is 3. The van der Waals surface area contributed by atoms with E-state index in [-0.39, 0.29) is 5.75 Å². The van der Waals surface area contributed by atoms with Crippen molar-refractivity contribution in [3.63, 3.8) is 0 Å². The summed E-state index contributed by atoms with van der Waals surface area (Å²) in [5, 5.41) is 19.7. The van der Waals surface area contributed by atoms with E-state index in [2.05, 4.69) is 32.9 Å². The summed E-state index contributed by atoms with van der Waals surface area (Å²) >= 11 is 0. The summed E-state index contributed by atoms with van der Waals surface area (Å²) in [5.74, 6) is 2.63. The molecule has 0 spiro atoms. The summed E-state index contributed by atoms with van der Waals surface area (Å²) < 4.78 is 5.96. The molecule has 3 rings (SSSR count). The largest absolute Gasteiger partial charge is 0.508 e. The molecule has 0 aliphatic heterocycles. The normalized spacial score (nSPS) is 13.0. The van der Waals surface area contributed by atoms with Crippen molar-refractivity contribution in [2.45, 2.75) is 46.5 Å². The van der Waals surface area contributed by atoms with E-state index in [0.29, 0.717) is 23.3 Å². The van der Waals surface area contributed by atoms with E-state index < -0.39 is 0 Å². The third kappa shape index (κ3) is 6.03. The smallest absolute Gasteiger partial charge is 0.169 e. The lowest BCUT2D eigenvalue weighted by atomic mass is 9.85. The van der Waals surface area contributed by atoms with Gasteiger partial charge in [0, 0.05) is 0 Å². The molecule has 0 saturated carbocycles. The van der Waals surface area contributed by atoms with Crippen molar-refractivity contribution in [2.75, 3.05) is 0 Å².